The normalized spacial score (nSPS) is 11.5. The minimum atomic E-state index is -0.794. The third-order valence-corrected chi connectivity index (χ3v) is 7.71. The molecule has 0 amide bonds. The molecule has 0 spiro atoms. The molecule has 216 valence electrons. The van der Waals surface area contributed by atoms with Crippen molar-refractivity contribution in [1.29, 1.82) is 0 Å². The number of rotatable bonds is 8. The van der Waals surface area contributed by atoms with Crippen LogP contribution in [-0.4, -0.2) is 24.3 Å². The van der Waals surface area contributed by atoms with Crippen LogP contribution in [0.4, 0.5) is 0 Å². The molecule has 4 nitrogen and oxygen atoms in total. The first-order valence-corrected chi connectivity index (χ1v) is 14.5. The van der Waals surface area contributed by atoms with E-state index in [1.165, 1.54) is 24.3 Å². The molecule has 6 aromatic rings. The molecule has 0 radical (unpaired) electrons. The van der Waals surface area contributed by atoms with Gasteiger partial charge in [-0.2, -0.15) is 0 Å². The number of carbonyl (C=O) groups excluding carboxylic acids is 1. The van der Waals surface area contributed by atoms with Gasteiger partial charge in [0.15, 0.2) is 6.10 Å². The second-order valence-electron chi connectivity index (χ2n) is 10.6. The summed E-state index contributed by atoms with van der Waals surface area (Å²) < 4.78 is 10.4. The third-order valence-electron chi connectivity index (χ3n) is 7.71. The maximum atomic E-state index is 11.8. The molecule has 1 N–H and O–H groups in total. The highest BCUT2D eigenvalue weighted by Gasteiger charge is 2.17. The second-order valence-corrected chi connectivity index (χ2v) is 10.6. The van der Waals surface area contributed by atoms with Crippen molar-refractivity contribution in [3.8, 4) is 67.1 Å². The monoisotopic (exact) mass is 576 g/mol. The van der Waals surface area contributed by atoms with E-state index < -0.39 is 12.1 Å². The average Bonchev–Trinajstić information content (AvgIpc) is 3.08. The van der Waals surface area contributed by atoms with Crippen molar-refractivity contribution in [1.82, 2.24) is 0 Å². The number of hydrogen-bond acceptors (Lipinski definition) is 4. The molecule has 0 aliphatic rings. The summed E-state index contributed by atoms with van der Waals surface area (Å²) in [5.41, 5.74) is 10.4. The number of phenolic OH excluding ortho intramolecular Hbond substituents is 1. The van der Waals surface area contributed by atoms with Crippen molar-refractivity contribution in [2.45, 2.75) is 13.0 Å². The summed E-state index contributed by atoms with van der Waals surface area (Å²) in [5, 5.41) is 11.1. The third kappa shape index (κ3) is 6.25. The molecule has 0 saturated carbocycles. The van der Waals surface area contributed by atoms with Gasteiger partial charge in [-0.3, -0.25) is 0 Å². The number of hydrogen-bond donors (Lipinski definition) is 1. The molecule has 4 heteroatoms. The van der Waals surface area contributed by atoms with Crippen molar-refractivity contribution in [3.63, 3.8) is 0 Å². The fourth-order valence-electron chi connectivity index (χ4n) is 5.33. The minimum Gasteiger partial charge on any atom is -0.507 e. The lowest BCUT2D eigenvalue weighted by molar-refractivity contribution is -0.147. The van der Waals surface area contributed by atoms with Crippen molar-refractivity contribution in [3.05, 3.63) is 146 Å². The zero-order valence-electron chi connectivity index (χ0n) is 24.6. The van der Waals surface area contributed by atoms with Crippen LogP contribution in [0.1, 0.15) is 6.92 Å². The van der Waals surface area contributed by atoms with Gasteiger partial charge >= 0.3 is 5.97 Å². The summed E-state index contributed by atoms with van der Waals surface area (Å²) in [6.45, 7) is 1.61. The quantitative estimate of drug-likeness (QED) is 0.183. The summed E-state index contributed by atoms with van der Waals surface area (Å²) in [7, 11) is 1.32. The molecule has 1 atom stereocenters. The highest BCUT2D eigenvalue weighted by molar-refractivity contribution is 5.84. The maximum Gasteiger partial charge on any atom is 0.346 e. The smallest absolute Gasteiger partial charge is 0.346 e. The first-order chi connectivity index (χ1) is 21.5. The molecule has 44 heavy (non-hydrogen) atoms. The van der Waals surface area contributed by atoms with E-state index in [1.54, 1.807) is 13.0 Å². The maximum absolute atomic E-state index is 11.8. The van der Waals surface area contributed by atoms with Gasteiger partial charge in [-0.05, 0) is 87.3 Å². The SMILES string of the molecule is COC(=O)C(C)Oc1ccc(-c2cc(-c3ccc(-c4ccccc4)cc3)cc(-c3ccc(-c4ccccc4)cc3)c2)c(O)c1. The number of esters is 1. The predicted molar refractivity (Wildman–Crippen MR) is 177 cm³/mol. The molecule has 0 aromatic heterocycles. The summed E-state index contributed by atoms with van der Waals surface area (Å²) in [5.74, 6) is -0.0440. The Morgan fingerprint density at radius 1 is 0.523 bits per heavy atom. The Morgan fingerprint density at radius 2 is 0.932 bits per heavy atom. The zero-order valence-corrected chi connectivity index (χ0v) is 24.6. The van der Waals surface area contributed by atoms with Crippen LogP contribution in [0.15, 0.2) is 146 Å². The fraction of sp³-hybridized carbons (Fsp3) is 0.0750. The van der Waals surface area contributed by atoms with Crippen LogP contribution in [0.2, 0.25) is 0 Å². The van der Waals surface area contributed by atoms with Crippen LogP contribution in [-0.2, 0) is 9.53 Å². The van der Waals surface area contributed by atoms with Gasteiger partial charge in [0, 0.05) is 11.6 Å². The van der Waals surface area contributed by atoms with Gasteiger partial charge in [0.05, 0.1) is 7.11 Å². The minimum absolute atomic E-state index is 0.0570. The fourth-order valence-corrected chi connectivity index (χ4v) is 5.33. The molecule has 0 aliphatic carbocycles. The van der Waals surface area contributed by atoms with E-state index in [0.29, 0.717) is 11.3 Å². The van der Waals surface area contributed by atoms with Crippen LogP contribution in [0.3, 0.4) is 0 Å². The van der Waals surface area contributed by atoms with Crippen LogP contribution in [0.5, 0.6) is 11.5 Å². The topological polar surface area (TPSA) is 55.8 Å². The van der Waals surface area contributed by atoms with Crippen LogP contribution < -0.4 is 4.74 Å². The van der Waals surface area contributed by atoms with E-state index >= 15 is 0 Å². The summed E-state index contributed by atoms with van der Waals surface area (Å²) >= 11 is 0. The van der Waals surface area contributed by atoms with Crippen molar-refractivity contribution in [2.75, 3.05) is 7.11 Å². The Hall–Kier alpha value is -5.61. The van der Waals surface area contributed by atoms with Gasteiger partial charge in [0.2, 0.25) is 0 Å². The van der Waals surface area contributed by atoms with Crippen LogP contribution in [0.25, 0.3) is 55.6 Å². The van der Waals surface area contributed by atoms with Gasteiger partial charge in [-0.1, -0.05) is 109 Å². The van der Waals surface area contributed by atoms with E-state index in [-0.39, 0.29) is 5.75 Å². The predicted octanol–water partition coefficient (Wildman–Crippen LogP) is 9.67. The molecule has 0 aliphatic heterocycles. The van der Waals surface area contributed by atoms with Crippen LogP contribution >= 0.6 is 0 Å². The summed E-state index contributed by atoms with van der Waals surface area (Å²) in [6, 6.07) is 49.2. The van der Waals surface area contributed by atoms with Gasteiger partial charge in [-0.25, -0.2) is 4.79 Å². The lowest BCUT2D eigenvalue weighted by atomic mass is 9.91. The molecular weight excluding hydrogens is 544 g/mol. The first-order valence-electron chi connectivity index (χ1n) is 14.5. The number of benzene rings is 6. The molecule has 0 fully saturated rings. The number of ether oxygens (including phenoxy) is 2. The number of phenols is 1. The summed E-state index contributed by atoms with van der Waals surface area (Å²) in [6.07, 6.45) is -0.794. The Kier molecular flexibility index (Phi) is 8.24. The molecule has 6 rings (SSSR count). The Labute approximate surface area is 257 Å². The van der Waals surface area contributed by atoms with E-state index in [4.69, 9.17) is 9.47 Å². The highest BCUT2D eigenvalue weighted by atomic mass is 16.6. The standard InChI is InChI=1S/C40H32O4/c1-27(40(42)43-2)44-37-21-22-38(39(41)26-37)36-24-34(32-17-13-30(14-18-32)28-9-5-3-6-10-28)23-35(25-36)33-19-15-31(16-20-33)29-11-7-4-8-12-29/h3-27,41H,1-2H3. The van der Waals surface area contributed by atoms with Crippen molar-refractivity contribution >= 4 is 5.97 Å². The Morgan fingerprint density at radius 3 is 1.36 bits per heavy atom. The molecule has 0 heterocycles. The highest BCUT2D eigenvalue weighted by Crippen LogP contribution is 2.39. The largest absolute Gasteiger partial charge is 0.507 e. The lowest BCUT2D eigenvalue weighted by Gasteiger charge is -2.15. The molecule has 0 saturated heterocycles. The number of methoxy groups -OCH3 is 1. The summed E-state index contributed by atoms with van der Waals surface area (Å²) in [4.78, 5) is 11.8. The first kappa shape index (κ1) is 28.5. The molecule has 6 aromatic carbocycles. The molecular formula is C40H32O4. The van der Waals surface area contributed by atoms with E-state index in [0.717, 1.165) is 38.9 Å². The van der Waals surface area contributed by atoms with Gasteiger partial charge in [0.1, 0.15) is 11.5 Å². The second kappa shape index (κ2) is 12.7. The van der Waals surface area contributed by atoms with E-state index in [1.807, 2.05) is 42.5 Å². The van der Waals surface area contributed by atoms with Gasteiger partial charge in [-0.15, -0.1) is 0 Å². The number of carbonyl (C=O) groups is 1. The van der Waals surface area contributed by atoms with Crippen molar-refractivity contribution < 1.29 is 19.4 Å². The number of aromatic hydroxyl groups is 1. The Bertz CT molecular complexity index is 1780. The molecule has 1 unspecified atom stereocenters. The molecule has 0 bridgehead atoms. The van der Waals surface area contributed by atoms with E-state index in [2.05, 4.69) is 91.0 Å². The van der Waals surface area contributed by atoms with E-state index in [9.17, 15) is 9.90 Å². The van der Waals surface area contributed by atoms with Gasteiger partial charge in [0.25, 0.3) is 0 Å². The van der Waals surface area contributed by atoms with Crippen molar-refractivity contribution in [2.24, 2.45) is 0 Å². The van der Waals surface area contributed by atoms with Crippen LogP contribution in [0, 0.1) is 0 Å². The average molecular weight is 577 g/mol. The zero-order chi connectivity index (χ0) is 30.5. The Balaban J connectivity index is 1.40. The van der Waals surface area contributed by atoms with Gasteiger partial charge < -0.3 is 14.6 Å². The lowest BCUT2D eigenvalue weighted by Crippen LogP contribution is -2.24.